The predicted molar refractivity (Wildman–Crippen MR) is 105 cm³/mol. The monoisotopic (exact) mass is 399 g/mol. The minimum absolute atomic E-state index is 0.0408. The molecule has 0 atom stereocenters. The first-order valence-corrected chi connectivity index (χ1v) is 10.4. The highest BCUT2D eigenvalue weighted by Crippen LogP contribution is 2.16. The molecular formula is C20H21N3O4S. The number of hydrogen-bond acceptors (Lipinski definition) is 6. The molecule has 2 aromatic carbocycles. The third-order valence-electron chi connectivity index (χ3n) is 4.34. The van der Waals surface area contributed by atoms with Crippen LogP contribution in [0.3, 0.4) is 0 Å². The second-order valence-electron chi connectivity index (χ2n) is 6.53. The number of nitrogens with one attached hydrogen (secondary N) is 1. The van der Waals surface area contributed by atoms with E-state index in [1.54, 1.807) is 18.2 Å². The summed E-state index contributed by atoms with van der Waals surface area (Å²) < 4.78 is 29.9. The Morgan fingerprint density at radius 1 is 1.04 bits per heavy atom. The fraction of sp³-hybridized carbons (Fsp3) is 0.250. The van der Waals surface area contributed by atoms with Gasteiger partial charge >= 0.3 is 6.01 Å². The van der Waals surface area contributed by atoms with E-state index in [0.717, 1.165) is 5.56 Å². The maximum absolute atomic E-state index is 12.2. The molecule has 0 saturated heterocycles. The number of carbonyl (C=O) groups is 1. The molecule has 0 bridgehead atoms. The number of sulfone groups is 1. The van der Waals surface area contributed by atoms with Crippen molar-refractivity contribution in [2.75, 3.05) is 11.1 Å². The van der Waals surface area contributed by atoms with Gasteiger partial charge in [0.2, 0.25) is 11.8 Å². The average molecular weight is 399 g/mol. The number of rotatable bonds is 7. The van der Waals surface area contributed by atoms with Crippen LogP contribution in [0, 0.1) is 13.8 Å². The van der Waals surface area contributed by atoms with Crippen LogP contribution in [-0.4, -0.2) is 30.3 Å². The highest BCUT2D eigenvalue weighted by molar-refractivity contribution is 7.91. The average Bonchev–Trinajstić information content (AvgIpc) is 3.10. The van der Waals surface area contributed by atoms with E-state index >= 15 is 0 Å². The van der Waals surface area contributed by atoms with Gasteiger partial charge in [0, 0.05) is 6.42 Å². The zero-order valence-electron chi connectivity index (χ0n) is 15.7. The van der Waals surface area contributed by atoms with Crippen LogP contribution < -0.4 is 5.32 Å². The molecule has 1 N–H and O–H groups in total. The summed E-state index contributed by atoms with van der Waals surface area (Å²) in [5.41, 5.74) is 3.40. The van der Waals surface area contributed by atoms with Crippen LogP contribution in [0.4, 0.5) is 6.01 Å². The lowest BCUT2D eigenvalue weighted by atomic mass is 10.0. The van der Waals surface area contributed by atoms with Gasteiger partial charge in [-0.15, -0.1) is 5.10 Å². The number of amides is 1. The summed E-state index contributed by atoms with van der Waals surface area (Å²) in [5, 5.41) is 10.2. The lowest BCUT2D eigenvalue weighted by molar-refractivity contribution is -0.116. The zero-order chi connectivity index (χ0) is 20.1. The molecule has 0 aliphatic carbocycles. The minimum atomic E-state index is -3.52. The van der Waals surface area contributed by atoms with E-state index in [1.807, 2.05) is 32.0 Å². The summed E-state index contributed by atoms with van der Waals surface area (Å²) in [5.74, 6) is -0.428. The number of nitrogens with zero attached hydrogens (tertiary/aromatic N) is 2. The van der Waals surface area contributed by atoms with Gasteiger partial charge in [0.1, 0.15) is 0 Å². The maximum atomic E-state index is 12.2. The summed E-state index contributed by atoms with van der Waals surface area (Å²) in [6, 6.07) is 14.0. The maximum Gasteiger partial charge on any atom is 0.322 e. The predicted octanol–water partition coefficient (Wildman–Crippen LogP) is 3.08. The summed E-state index contributed by atoms with van der Waals surface area (Å²) in [7, 11) is -3.52. The summed E-state index contributed by atoms with van der Waals surface area (Å²) in [6.45, 7) is 4.07. The number of anilines is 1. The molecule has 0 aliphatic heterocycles. The van der Waals surface area contributed by atoms with Gasteiger partial charge in [-0.3, -0.25) is 10.1 Å². The van der Waals surface area contributed by atoms with Crippen molar-refractivity contribution in [3.05, 3.63) is 71.1 Å². The fourth-order valence-corrected chi connectivity index (χ4v) is 3.88. The van der Waals surface area contributed by atoms with Crippen LogP contribution in [0.15, 0.2) is 57.8 Å². The van der Waals surface area contributed by atoms with Gasteiger partial charge in [-0.05, 0) is 42.7 Å². The van der Waals surface area contributed by atoms with Gasteiger partial charge in [-0.25, -0.2) is 8.42 Å². The Balaban J connectivity index is 1.56. The standard InChI is InChI=1S/C20H21N3O4S/c1-14-8-9-16(12-15(14)2)13-19-22-23-20(27-19)21-18(24)10-11-28(25,26)17-6-4-3-5-7-17/h3-9,12H,10-11,13H2,1-2H3,(H,21,23,24). The Kier molecular flexibility index (Phi) is 5.89. The summed E-state index contributed by atoms with van der Waals surface area (Å²) in [4.78, 5) is 12.2. The Morgan fingerprint density at radius 2 is 1.79 bits per heavy atom. The largest absolute Gasteiger partial charge is 0.407 e. The van der Waals surface area contributed by atoms with E-state index in [2.05, 4.69) is 15.5 Å². The second-order valence-corrected chi connectivity index (χ2v) is 8.64. The third kappa shape index (κ3) is 5.04. The van der Waals surface area contributed by atoms with Crippen LogP contribution in [0.25, 0.3) is 0 Å². The molecule has 8 heteroatoms. The van der Waals surface area contributed by atoms with Crippen molar-refractivity contribution in [1.29, 1.82) is 0 Å². The first-order chi connectivity index (χ1) is 13.3. The molecule has 3 aromatic rings. The van der Waals surface area contributed by atoms with Gasteiger partial charge in [0.25, 0.3) is 0 Å². The van der Waals surface area contributed by atoms with Crippen molar-refractivity contribution in [3.8, 4) is 0 Å². The van der Waals surface area contributed by atoms with Crippen molar-refractivity contribution < 1.29 is 17.6 Å². The van der Waals surface area contributed by atoms with Crippen LogP contribution in [-0.2, 0) is 21.1 Å². The minimum Gasteiger partial charge on any atom is -0.407 e. The van der Waals surface area contributed by atoms with Gasteiger partial charge in [0.15, 0.2) is 9.84 Å². The van der Waals surface area contributed by atoms with Crippen LogP contribution in [0.2, 0.25) is 0 Å². The molecule has 0 radical (unpaired) electrons. The first-order valence-electron chi connectivity index (χ1n) is 8.80. The SMILES string of the molecule is Cc1ccc(Cc2nnc(NC(=O)CCS(=O)(=O)c3ccccc3)o2)cc1C. The molecule has 0 fully saturated rings. The topological polar surface area (TPSA) is 102 Å². The highest BCUT2D eigenvalue weighted by atomic mass is 32.2. The molecule has 0 saturated carbocycles. The van der Waals surface area contributed by atoms with Crippen LogP contribution in [0.1, 0.15) is 29.0 Å². The second kappa shape index (κ2) is 8.35. The van der Waals surface area contributed by atoms with E-state index < -0.39 is 15.7 Å². The van der Waals surface area contributed by atoms with Crippen molar-refractivity contribution in [2.24, 2.45) is 0 Å². The highest BCUT2D eigenvalue weighted by Gasteiger charge is 2.17. The number of aromatic nitrogens is 2. The number of aryl methyl sites for hydroxylation is 2. The van der Waals surface area contributed by atoms with E-state index in [4.69, 9.17) is 4.42 Å². The van der Waals surface area contributed by atoms with E-state index in [9.17, 15) is 13.2 Å². The van der Waals surface area contributed by atoms with Gasteiger partial charge in [-0.2, -0.15) is 0 Å². The van der Waals surface area contributed by atoms with E-state index in [0.29, 0.717) is 12.3 Å². The lowest BCUT2D eigenvalue weighted by Gasteiger charge is -2.04. The van der Waals surface area contributed by atoms with E-state index in [1.165, 1.54) is 23.3 Å². The zero-order valence-corrected chi connectivity index (χ0v) is 16.5. The van der Waals surface area contributed by atoms with Crippen LogP contribution >= 0.6 is 0 Å². The molecule has 28 heavy (non-hydrogen) atoms. The molecule has 0 spiro atoms. The Morgan fingerprint density at radius 3 is 2.50 bits per heavy atom. The van der Waals surface area contributed by atoms with Crippen molar-refractivity contribution >= 4 is 21.8 Å². The molecular weight excluding hydrogens is 378 g/mol. The Hall–Kier alpha value is -3.00. The van der Waals surface area contributed by atoms with Crippen LogP contribution in [0.5, 0.6) is 0 Å². The number of benzene rings is 2. The molecule has 3 rings (SSSR count). The van der Waals surface area contributed by atoms with E-state index in [-0.39, 0.29) is 23.1 Å². The molecule has 146 valence electrons. The lowest BCUT2D eigenvalue weighted by Crippen LogP contribution is -2.17. The fourth-order valence-electron chi connectivity index (χ4n) is 2.62. The van der Waals surface area contributed by atoms with Crippen molar-refractivity contribution in [3.63, 3.8) is 0 Å². The number of hydrogen-bond donors (Lipinski definition) is 1. The third-order valence-corrected chi connectivity index (χ3v) is 6.07. The number of carbonyl (C=O) groups excluding carboxylic acids is 1. The Labute approximate surface area is 163 Å². The molecule has 0 unspecified atom stereocenters. The van der Waals surface area contributed by atoms with Gasteiger partial charge < -0.3 is 4.42 Å². The molecule has 1 heterocycles. The summed E-state index contributed by atoms with van der Waals surface area (Å²) in [6.07, 6.45) is 0.248. The molecule has 0 aliphatic rings. The molecule has 1 amide bonds. The van der Waals surface area contributed by atoms with Gasteiger partial charge in [0.05, 0.1) is 17.1 Å². The summed E-state index contributed by atoms with van der Waals surface area (Å²) >= 11 is 0. The smallest absolute Gasteiger partial charge is 0.322 e. The normalized spacial score (nSPS) is 11.4. The first kappa shape index (κ1) is 19.8. The van der Waals surface area contributed by atoms with Crippen molar-refractivity contribution in [1.82, 2.24) is 10.2 Å². The van der Waals surface area contributed by atoms with Gasteiger partial charge in [-0.1, -0.05) is 41.5 Å². The molecule has 1 aromatic heterocycles. The Bertz CT molecular complexity index is 1080. The quantitative estimate of drug-likeness (QED) is 0.655. The van der Waals surface area contributed by atoms with Crippen molar-refractivity contribution in [2.45, 2.75) is 31.6 Å². The molecule has 7 nitrogen and oxygen atoms in total.